The van der Waals surface area contributed by atoms with Crippen molar-refractivity contribution in [2.75, 3.05) is 32.4 Å². The summed E-state index contributed by atoms with van der Waals surface area (Å²) in [5, 5.41) is 5.01. The average Bonchev–Trinajstić information content (AvgIpc) is 3.07. The molecule has 0 fully saturated rings. The normalized spacial score (nSPS) is 12.3. The molecular formula is C16H20N4O6. The number of amides is 3. The SMILES string of the molecule is COCCNC(=O)C(=O)NN/C(C)=C/C(=O)Nc1ccc2c(c1)OCO2. The molecule has 3 amide bonds. The number of allylic oxidation sites excluding steroid dienone is 1. The molecule has 140 valence electrons. The zero-order chi connectivity index (χ0) is 18.9. The summed E-state index contributed by atoms with van der Waals surface area (Å²) in [6.45, 7) is 2.22. The van der Waals surface area contributed by atoms with Crippen molar-refractivity contribution in [1.82, 2.24) is 16.2 Å². The van der Waals surface area contributed by atoms with Crippen LogP contribution in [0.4, 0.5) is 5.69 Å². The molecule has 0 unspecified atom stereocenters. The minimum absolute atomic E-state index is 0.147. The molecule has 0 atom stereocenters. The van der Waals surface area contributed by atoms with Crippen molar-refractivity contribution in [3.63, 3.8) is 0 Å². The van der Waals surface area contributed by atoms with Crippen LogP contribution in [0.1, 0.15) is 6.92 Å². The summed E-state index contributed by atoms with van der Waals surface area (Å²) >= 11 is 0. The van der Waals surface area contributed by atoms with Crippen LogP contribution in [0.15, 0.2) is 30.0 Å². The highest BCUT2D eigenvalue weighted by atomic mass is 16.7. The molecule has 4 N–H and O–H groups in total. The number of methoxy groups -OCH3 is 1. The first kappa shape index (κ1) is 19.1. The average molecular weight is 364 g/mol. The molecule has 1 aromatic rings. The van der Waals surface area contributed by atoms with Gasteiger partial charge in [0.2, 0.25) is 12.7 Å². The smallest absolute Gasteiger partial charge is 0.327 e. The van der Waals surface area contributed by atoms with Crippen molar-refractivity contribution >= 4 is 23.4 Å². The predicted octanol–water partition coefficient (Wildman–Crippen LogP) is -0.359. The second-order valence-corrected chi connectivity index (χ2v) is 5.21. The molecule has 10 heteroatoms. The summed E-state index contributed by atoms with van der Waals surface area (Å²) in [6, 6.07) is 5.01. The molecule has 10 nitrogen and oxygen atoms in total. The van der Waals surface area contributed by atoms with Gasteiger partial charge in [0.15, 0.2) is 11.5 Å². The summed E-state index contributed by atoms with van der Waals surface area (Å²) in [4.78, 5) is 35.0. The van der Waals surface area contributed by atoms with E-state index < -0.39 is 17.7 Å². The van der Waals surface area contributed by atoms with Crippen molar-refractivity contribution in [2.24, 2.45) is 0 Å². The molecule has 26 heavy (non-hydrogen) atoms. The van der Waals surface area contributed by atoms with E-state index in [4.69, 9.17) is 14.2 Å². The van der Waals surface area contributed by atoms with Crippen LogP contribution in [0.5, 0.6) is 11.5 Å². The quantitative estimate of drug-likeness (QED) is 0.225. The topological polar surface area (TPSA) is 127 Å². The van der Waals surface area contributed by atoms with Gasteiger partial charge in [-0.15, -0.1) is 0 Å². The number of hydrogen-bond donors (Lipinski definition) is 4. The number of ether oxygens (including phenoxy) is 3. The van der Waals surface area contributed by atoms with Crippen LogP contribution in [0.2, 0.25) is 0 Å². The number of rotatable bonds is 7. The monoisotopic (exact) mass is 364 g/mol. The maximum atomic E-state index is 12.0. The summed E-state index contributed by atoms with van der Waals surface area (Å²) in [5.41, 5.74) is 5.53. The lowest BCUT2D eigenvalue weighted by atomic mass is 10.2. The van der Waals surface area contributed by atoms with Gasteiger partial charge in [-0.05, 0) is 19.1 Å². The van der Waals surface area contributed by atoms with Gasteiger partial charge < -0.3 is 30.3 Å². The number of anilines is 1. The minimum atomic E-state index is -0.884. The first-order valence-corrected chi connectivity index (χ1v) is 7.71. The van der Waals surface area contributed by atoms with Crippen LogP contribution >= 0.6 is 0 Å². The molecule has 0 spiro atoms. The third-order valence-corrected chi connectivity index (χ3v) is 3.16. The number of benzene rings is 1. The Hall–Kier alpha value is -3.27. The van der Waals surface area contributed by atoms with Crippen LogP contribution in [-0.4, -0.2) is 44.8 Å². The fraction of sp³-hybridized carbons (Fsp3) is 0.312. The Morgan fingerprint density at radius 1 is 1.15 bits per heavy atom. The standard InChI is InChI=1S/C16H20N4O6/c1-10(19-20-16(23)15(22)17-5-6-24-2)7-14(21)18-11-3-4-12-13(8-11)26-9-25-12/h3-4,7-8,19H,5-6,9H2,1-2H3,(H,17,22)(H,18,21)(H,20,23)/b10-7+. The summed E-state index contributed by atoms with van der Waals surface area (Å²) in [7, 11) is 1.48. The fourth-order valence-electron chi connectivity index (χ4n) is 1.94. The first-order chi connectivity index (χ1) is 12.5. The van der Waals surface area contributed by atoms with Gasteiger partial charge in [-0.3, -0.25) is 19.8 Å². The molecule has 0 saturated heterocycles. The second kappa shape index (κ2) is 9.28. The first-order valence-electron chi connectivity index (χ1n) is 7.71. The molecule has 0 aromatic heterocycles. The Morgan fingerprint density at radius 3 is 2.69 bits per heavy atom. The van der Waals surface area contributed by atoms with E-state index in [-0.39, 0.29) is 13.3 Å². The second-order valence-electron chi connectivity index (χ2n) is 5.21. The van der Waals surface area contributed by atoms with Crippen molar-refractivity contribution in [3.05, 3.63) is 30.0 Å². The van der Waals surface area contributed by atoms with E-state index in [0.717, 1.165) is 0 Å². The highest BCUT2D eigenvalue weighted by Crippen LogP contribution is 2.34. The molecule has 2 rings (SSSR count). The Balaban J connectivity index is 1.78. The Kier molecular flexibility index (Phi) is 6.80. The van der Waals surface area contributed by atoms with Gasteiger partial charge in [0, 0.05) is 37.2 Å². The van der Waals surface area contributed by atoms with E-state index in [9.17, 15) is 14.4 Å². The number of hydrazine groups is 1. The van der Waals surface area contributed by atoms with Crippen LogP contribution in [-0.2, 0) is 19.1 Å². The minimum Gasteiger partial charge on any atom is -0.454 e. The lowest BCUT2D eigenvalue weighted by Gasteiger charge is -2.09. The maximum Gasteiger partial charge on any atom is 0.327 e. The Bertz CT molecular complexity index is 719. The molecule has 1 heterocycles. The number of fused-ring (bicyclic) bond motifs is 1. The summed E-state index contributed by atoms with van der Waals surface area (Å²) in [5.74, 6) is -0.957. The van der Waals surface area contributed by atoms with Gasteiger partial charge in [-0.1, -0.05) is 0 Å². The lowest BCUT2D eigenvalue weighted by Crippen LogP contribution is -2.46. The van der Waals surface area contributed by atoms with Crippen LogP contribution in [0.3, 0.4) is 0 Å². The number of nitrogens with one attached hydrogen (secondary N) is 4. The third kappa shape index (κ3) is 5.67. The van der Waals surface area contributed by atoms with E-state index in [1.54, 1.807) is 25.1 Å². The lowest BCUT2D eigenvalue weighted by molar-refractivity contribution is -0.139. The molecule has 1 aliphatic rings. The summed E-state index contributed by atoms with van der Waals surface area (Å²) in [6.07, 6.45) is 1.23. The molecular weight excluding hydrogens is 344 g/mol. The van der Waals surface area contributed by atoms with Gasteiger partial charge in [0.1, 0.15) is 0 Å². The van der Waals surface area contributed by atoms with Crippen molar-refractivity contribution in [2.45, 2.75) is 6.92 Å². The Labute approximate surface area is 149 Å². The van der Waals surface area contributed by atoms with Gasteiger partial charge in [-0.2, -0.15) is 0 Å². The highest BCUT2D eigenvalue weighted by molar-refractivity contribution is 6.34. The molecule has 0 aliphatic carbocycles. The van der Waals surface area contributed by atoms with E-state index >= 15 is 0 Å². The molecule has 1 aliphatic heterocycles. The van der Waals surface area contributed by atoms with E-state index in [1.165, 1.54) is 13.2 Å². The largest absolute Gasteiger partial charge is 0.454 e. The van der Waals surface area contributed by atoms with Crippen molar-refractivity contribution in [1.29, 1.82) is 0 Å². The van der Waals surface area contributed by atoms with Crippen LogP contribution in [0, 0.1) is 0 Å². The zero-order valence-corrected chi connectivity index (χ0v) is 14.4. The van der Waals surface area contributed by atoms with Gasteiger partial charge in [-0.25, -0.2) is 0 Å². The van der Waals surface area contributed by atoms with E-state index in [2.05, 4.69) is 21.5 Å². The van der Waals surface area contributed by atoms with Gasteiger partial charge in [0.05, 0.1) is 6.61 Å². The highest BCUT2D eigenvalue weighted by Gasteiger charge is 2.14. The fourth-order valence-corrected chi connectivity index (χ4v) is 1.94. The summed E-state index contributed by atoms with van der Waals surface area (Å²) < 4.78 is 15.2. The number of carbonyl (C=O) groups is 3. The van der Waals surface area contributed by atoms with Gasteiger partial charge >= 0.3 is 11.8 Å². The van der Waals surface area contributed by atoms with Crippen LogP contribution < -0.4 is 31.0 Å². The van der Waals surface area contributed by atoms with E-state index in [1.807, 2.05) is 0 Å². The van der Waals surface area contributed by atoms with Crippen molar-refractivity contribution in [3.8, 4) is 11.5 Å². The maximum absolute atomic E-state index is 12.0. The molecule has 0 radical (unpaired) electrons. The number of carbonyl (C=O) groups excluding carboxylic acids is 3. The van der Waals surface area contributed by atoms with Crippen LogP contribution in [0.25, 0.3) is 0 Å². The molecule has 0 bridgehead atoms. The third-order valence-electron chi connectivity index (χ3n) is 3.16. The molecule has 0 saturated carbocycles. The van der Waals surface area contributed by atoms with E-state index in [0.29, 0.717) is 29.5 Å². The van der Waals surface area contributed by atoms with Gasteiger partial charge in [0.25, 0.3) is 0 Å². The zero-order valence-electron chi connectivity index (χ0n) is 14.4. The Morgan fingerprint density at radius 2 is 1.92 bits per heavy atom. The number of hydrogen-bond acceptors (Lipinski definition) is 7. The van der Waals surface area contributed by atoms with Crippen molar-refractivity contribution < 1.29 is 28.6 Å². The predicted molar refractivity (Wildman–Crippen MR) is 91.1 cm³/mol. The molecule has 1 aromatic carbocycles.